The predicted molar refractivity (Wildman–Crippen MR) is 73.6 cm³/mol. The van der Waals surface area contributed by atoms with Gasteiger partial charge in [-0.1, -0.05) is 12.1 Å². The highest BCUT2D eigenvalue weighted by Gasteiger charge is 2.42. The van der Waals surface area contributed by atoms with Crippen LogP contribution in [0.5, 0.6) is 5.75 Å². The van der Waals surface area contributed by atoms with E-state index in [1.165, 1.54) is 0 Å². The third-order valence-corrected chi connectivity index (χ3v) is 3.69. The lowest BCUT2D eigenvalue weighted by molar-refractivity contribution is -0.147. The minimum atomic E-state index is -0.854. The molecule has 1 amide bonds. The van der Waals surface area contributed by atoms with Gasteiger partial charge in [0.1, 0.15) is 5.75 Å². The molecule has 2 rings (SSSR count). The van der Waals surface area contributed by atoms with Crippen molar-refractivity contribution in [2.75, 3.05) is 19.7 Å². The number of aliphatic carboxylic acids is 1. The zero-order valence-corrected chi connectivity index (χ0v) is 11.8. The standard InChI is InChI=1S/C15H19NO4/c1-11-4-3-5-12(8-11)20-9-13(17)16-7-6-15(2,10-16)14(18)19/h3-5,8H,6-7,9-10H2,1-2H3,(H,18,19). The quantitative estimate of drug-likeness (QED) is 0.909. The van der Waals surface area contributed by atoms with Crippen LogP contribution in [0.2, 0.25) is 0 Å². The van der Waals surface area contributed by atoms with Gasteiger partial charge in [0, 0.05) is 13.1 Å². The fourth-order valence-corrected chi connectivity index (χ4v) is 2.29. The molecule has 1 atom stereocenters. The number of nitrogens with zero attached hydrogens (tertiary/aromatic N) is 1. The molecule has 1 saturated heterocycles. The third-order valence-electron chi connectivity index (χ3n) is 3.69. The van der Waals surface area contributed by atoms with Crippen molar-refractivity contribution in [2.24, 2.45) is 5.41 Å². The van der Waals surface area contributed by atoms with E-state index in [0.717, 1.165) is 5.56 Å². The molecule has 0 bridgehead atoms. The molecule has 1 N–H and O–H groups in total. The summed E-state index contributed by atoms with van der Waals surface area (Å²) < 4.78 is 5.45. The molecule has 1 aliphatic rings. The molecule has 5 nitrogen and oxygen atoms in total. The molecule has 1 aliphatic heterocycles. The molecular formula is C15H19NO4. The molecule has 1 fully saturated rings. The normalized spacial score (nSPS) is 21.8. The van der Waals surface area contributed by atoms with Gasteiger partial charge in [-0.25, -0.2) is 0 Å². The fraction of sp³-hybridized carbons (Fsp3) is 0.467. The van der Waals surface area contributed by atoms with Gasteiger partial charge >= 0.3 is 5.97 Å². The van der Waals surface area contributed by atoms with Crippen LogP contribution >= 0.6 is 0 Å². The maximum absolute atomic E-state index is 12.0. The van der Waals surface area contributed by atoms with E-state index in [-0.39, 0.29) is 19.1 Å². The first-order valence-corrected chi connectivity index (χ1v) is 6.61. The van der Waals surface area contributed by atoms with Crippen molar-refractivity contribution in [3.8, 4) is 5.75 Å². The first-order chi connectivity index (χ1) is 9.40. The van der Waals surface area contributed by atoms with Crippen molar-refractivity contribution >= 4 is 11.9 Å². The molecule has 0 radical (unpaired) electrons. The largest absolute Gasteiger partial charge is 0.484 e. The Labute approximate surface area is 118 Å². The van der Waals surface area contributed by atoms with Crippen LogP contribution in [-0.2, 0) is 9.59 Å². The molecule has 1 aromatic carbocycles. The maximum Gasteiger partial charge on any atom is 0.311 e. The van der Waals surface area contributed by atoms with Crippen LogP contribution in [0.3, 0.4) is 0 Å². The van der Waals surface area contributed by atoms with Crippen LogP contribution in [0.15, 0.2) is 24.3 Å². The van der Waals surface area contributed by atoms with Crippen LogP contribution < -0.4 is 4.74 Å². The number of hydrogen-bond donors (Lipinski definition) is 1. The van der Waals surface area contributed by atoms with Crippen molar-refractivity contribution in [3.05, 3.63) is 29.8 Å². The first-order valence-electron chi connectivity index (χ1n) is 6.61. The number of carbonyl (C=O) groups excluding carboxylic acids is 1. The van der Waals surface area contributed by atoms with Gasteiger partial charge in [-0.05, 0) is 38.0 Å². The van der Waals surface area contributed by atoms with Crippen LogP contribution in [0.4, 0.5) is 0 Å². The SMILES string of the molecule is Cc1cccc(OCC(=O)N2CCC(C)(C(=O)O)C2)c1. The average Bonchev–Trinajstić information content (AvgIpc) is 2.80. The summed E-state index contributed by atoms with van der Waals surface area (Å²) in [5, 5.41) is 9.14. The monoisotopic (exact) mass is 277 g/mol. The number of benzene rings is 1. The van der Waals surface area contributed by atoms with Gasteiger partial charge in [0.25, 0.3) is 5.91 Å². The Balaban J connectivity index is 1.89. The molecule has 0 aromatic heterocycles. The zero-order chi connectivity index (χ0) is 14.8. The Morgan fingerprint density at radius 3 is 2.80 bits per heavy atom. The van der Waals surface area contributed by atoms with Crippen molar-refractivity contribution in [2.45, 2.75) is 20.3 Å². The predicted octanol–water partition coefficient (Wildman–Crippen LogP) is 1.70. The van der Waals surface area contributed by atoms with Gasteiger partial charge in [0.05, 0.1) is 5.41 Å². The molecule has 1 aromatic rings. The number of carbonyl (C=O) groups is 2. The second-order valence-corrected chi connectivity index (χ2v) is 5.54. The van der Waals surface area contributed by atoms with Crippen LogP contribution in [-0.4, -0.2) is 41.6 Å². The van der Waals surface area contributed by atoms with Gasteiger partial charge in [-0.15, -0.1) is 0 Å². The summed E-state index contributed by atoms with van der Waals surface area (Å²) in [5.41, 5.74) is 0.230. The lowest BCUT2D eigenvalue weighted by Crippen LogP contribution is -2.37. The van der Waals surface area contributed by atoms with E-state index in [9.17, 15) is 9.59 Å². The molecule has 108 valence electrons. The van der Waals surface area contributed by atoms with E-state index in [1.54, 1.807) is 17.9 Å². The minimum Gasteiger partial charge on any atom is -0.484 e. The second-order valence-electron chi connectivity index (χ2n) is 5.54. The third kappa shape index (κ3) is 3.10. The number of rotatable bonds is 4. The van der Waals surface area contributed by atoms with E-state index in [2.05, 4.69) is 0 Å². The molecule has 0 aliphatic carbocycles. The highest BCUT2D eigenvalue weighted by atomic mass is 16.5. The smallest absolute Gasteiger partial charge is 0.311 e. The van der Waals surface area contributed by atoms with Gasteiger partial charge in [-0.2, -0.15) is 0 Å². The van der Waals surface area contributed by atoms with Crippen molar-refractivity contribution in [3.63, 3.8) is 0 Å². The van der Waals surface area contributed by atoms with Crippen molar-refractivity contribution < 1.29 is 19.4 Å². The molecule has 20 heavy (non-hydrogen) atoms. The van der Waals surface area contributed by atoms with Crippen LogP contribution in [0.1, 0.15) is 18.9 Å². The topological polar surface area (TPSA) is 66.8 Å². The van der Waals surface area contributed by atoms with Gasteiger partial charge in [0.15, 0.2) is 6.61 Å². The Morgan fingerprint density at radius 2 is 2.20 bits per heavy atom. The van der Waals surface area contributed by atoms with Crippen molar-refractivity contribution in [1.82, 2.24) is 4.90 Å². The maximum atomic E-state index is 12.0. The minimum absolute atomic E-state index is 0.0564. The molecule has 0 saturated carbocycles. The van der Waals surface area contributed by atoms with Gasteiger partial charge in [0.2, 0.25) is 0 Å². The van der Waals surface area contributed by atoms with E-state index in [4.69, 9.17) is 9.84 Å². The number of carboxylic acid groups (broad SMARTS) is 1. The lowest BCUT2D eigenvalue weighted by atomic mass is 9.90. The zero-order valence-electron chi connectivity index (χ0n) is 11.8. The molecule has 5 heteroatoms. The Morgan fingerprint density at radius 1 is 1.45 bits per heavy atom. The van der Waals surface area contributed by atoms with E-state index < -0.39 is 11.4 Å². The van der Waals surface area contributed by atoms with Gasteiger partial charge < -0.3 is 14.7 Å². The average molecular weight is 277 g/mol. The summed E-state index contributed by atoms with van der Waals surface area (Å²) in [7, 11) is 0. The molecule has 0 spiro atoms. The second kappa shape index (κ2) is 5.53. The Bertz CT molecular complexity index is 528. The van der Waals surface area contributed by atoms with E-state index >= 15 is 0 Å². The number of ether oxygens (including phenoxy) is 1. The summed E-state index contributed by atoms with van der Waals surface area (Å²) in [6.45, 7) is 4.29. The van der Waals surface area contributed by atoms with Crippen molar-refractivity contribution in [1.29, 1.82) is 0 Å². The number of likely N-dealkylation sites (tertiary alicyclic amines) is 1. The summed E-state index contributed by atoms with van der Waals surface area (Å²) in [4.78, 5) is 24.7. The number of carboxylic acids is 1. The highest BCUT2D eigenvalue weighted by Crippen LogP contribution is 2.30. The Hall–Kier alpha value is -2.04. The van der Waals surface area contributed by atoms with Crippen LogP contribution in [0, 0.1) is 12.3 Å². The number of aryl methyl sites for hydroxylation is 1. The fourth-order valence-electron chi connectivity index (χ4n) is 2.29. The van der Waals surface area contributed by atoms with Crippen LogP contribution in [0.25, 0.3) is 0 Å². The number of amides is 1. The number of hydrogen-bond acceptors (Lipinski definition) is 3. The Kier molecular flexibility index (Phi) is 3.97. The van der Waals surface area contributed by atoms with Gasteiger partial charge in [-0.3, -0.25) is 9.59 Å². The summed E-state index contributed by atoms with van der Waals surface area (Å²) in [6.07, 6.45) is 0.485. The molecule has 1 unspecified atom stereocenters. The lowest BCUT2D eigenvalue weighted by Gasteiger charge is -2.20. The summed E-state index contributed by atoms with van der Waals surface area (Å²) >= 11 is 0. The van der Waals surface area contributed by atoms with E-state index in [0.29, 0.717) is 18.7 Å². The highest BCUT2D eigenvalue weighted by molar-refractivity contribution is 5.81. The van der Waals surface area contributed by atoms with E-state index in [1.807, 2.05) is 25.1 Å². The molecule has 1 heterocycles. The molecular weight excluding hydrogens is 258 g/mol. The summed E-state index contributed by atoms with van der Waals surface area (Å²) in [5.74, 6) is -0.373. The first kappa shape index (κ1) is 14.4. The summed E-state index contributed by atoms with van der Waals surface area (Å²) in [6, 6.07) is 7.48.